The molecular weight excluding hydrogens is 362 g/mol. The topological polar surface area (TPSA) is 67.2 Å². The van der Waals surface area contributed by atoms with Crippen LogP contribution in [0.25, 0.3) is 22.4 Å². The zero-order chi connectivity index (χ0) is 20.2. The van der Waals surface area contributed by atoms with Gasteiger partial charge >= 0.3 is 0 Å². The van der Waals surface area contributed by atoms with E-state index in [2.05, 4.69) is 47.9 Å². The van der Waals surface area contributed by atoms with Crippen molar-refractivity contribution in [3.63, 3.8) is 0 Å². The van der Waals surface area contributed by atoms with Crippen molar-refractivity contribution >= 4 is 16.9 Å². The van der Waals surface area contributed by atoms with Crippen molar-refractivity contribution in [2.24, 2.45) is 0 Å². The number of aromatic nitrogens is 2. The van der Waals surface area contributed by atoms with Gasteiger partial charge in [0.2, 0.25) is 5.91 Å². The monoisotopic (exact) mass is 385 g/mol. The normalized spacial score (nSPS) is 12.1. The number of carbonyl (C=O) groups is 1. The van der Waals surface area contributed by atoms with E-state index in [1.807, 2.05) is 42.5 Å². The third-order valence-electron chi connectivity index (χ3n) is 5.22. The third-order valence-corrected chi connectivity index (χ3v) is 5.22. The summed E-state index contributed by atoms with van der Waals surface area (Å²) in [5, 5.41) is 8.72. The highest BCUT2D eigenvalue weighted by molar-refractivity contribution is 5.81. The highest BCUT2D eigenvalue weighted by atomic mass is 16.5. The third kappa shape index (κ3) is 3.91. The van der Waals surface area contributed by atoms with Crippen molar-refractivity contribution in [3.8, 4) is 11.4 Å². The van der Waals surface area contributed by atoms with Crippen molar-refractivity contribution in [3.05, 3.63) is 90.0 Å². The van der Waals surface area contributed by atoms with Crippen molar-refractivity contribution in [2.45, 2.75) is 25.8 Å². The smallest absolute Gasteiger partial charge is 0.243 e. The largest absolute Gasteiger partial charge is 0.317 e. The van der Waals surface area contributed by atoms with Gasteiger partial charge in [-0.05, 0) is 42.7 Å². The van der Waals surface area contributed by atoms with E-state index in [9.17, 15) is 4.79 Å². The van der Waals surface area contributed by atoms with Crippen molar-refractivity contribution in [2.75, 3.05) is 0 Å². The molecule has 0 fully saturated rings. The Bertz CT molecular complexity index is 1140. The molecule has 3 aromatic carbocycles. The molecule has 0 aliphatic rings. The minimum Gasteiger partial charge on any atom is -0.317 e. The maximum Gasteiger partial charge on any atom is 0.243 e. The molecule has 0 aliphatic carbocycles. The second-order valence-electron chi connectivity index (χ2n) is 7.12. The van der Waals surface area contributed by atoms with Crippen LogP contribution in [-0.4, -0.2) is 20.7 Å². The molecule has 29 heavy (non-hydrogen) atoms. The molecule has 1 amide bonds. The fraction of sp³-hybridized carbons (Fsp3) is 0.167. The van der Waals surface area contributed by atoms with Crippen LogP contribution in [0.3, 0.4) is 0 Å². The van der Waals surface area contributed by atoms with Gasteiger partial charge in [0, 0.05) is 12.0 Å². The molecule has 4 aromatic rings. The Morgan fingerprint density at radius 3 is 2.59 bits per heavy atom. The number of hydroxylamine groups is 1. The maximum absolute atomic E-state index is 11.4. The first-order valence-corrected chi connectivity index (χ1v) is 9.71. The van der Waals surface area contributed by atoms with Gasteiger partial charge in [0.1, 0.15) is 5.82 Å². The molecule has 0 saturated heterocycles. The second-order valence-corrected chi connectivity index (χ2v) is 7.12. The molecule has 0 spiro atoms. The fourth-order valence-electron chi connectivity index (χ4n) is 3.70. The summed E-state index contributed by atoms with van der Waals surface area (Å²) >= 11 is 0. The van der Waals surface area contributed by atoms with Gasteiger partial charge in [-0.3, -0.25) is 10.0 Å². The summed E-state index contributed by atoms with van der Waals surface area (Å²) in [6, 6.07) is 26.8. The van der Waals surface area contributed by atoms with Crippen LogP contribution >= 0.6 is 0 Å². The summed E-state index contributed by atoms with van der Waals surface area (Å²) in [5.74, 6) is 0.511. The Morgan fingerprint density at radius 1 is 1.03 bits per heavy atom. The first-order valence-electron chi connectivity index (χ1n) is 9.71. The van der Waals surface area contributed by atoms with Crippen LogP contribution in [0.15, 0.2) is 78.9 Å². The molecule has 1 unspecified atom stereocenters. The molecule has 2 N–H and O–H groups in total. The van der Waals surface area contributed by atoms with Gasteiger partial charge in [0.05, 0.1) is 17.1 Å². The summed E-state index contributed by atoms with van der Waals surface area (Å²) in [5.41, 5.74) is 6.97. The molecule has 4 rings (SSSR count). The van der Waals surface area contributed by atoms with Crippen LogP contribution in [0, 0.1) is 0 Å². The zero-order valence-corrected chi connectivity index (χ0v) is 16.2. The van der Waals surface area contributed by atoms with Crippen LogP contribution in [0.4, 0.5) is 0 Å². The zero-order valence-electron chi connectivity index (χ0n) is 16.2. The average molecular weight is 385 g/mol. The fourth-order valence-corrected chi connectivity index (χ4v) is 3.70. The molecule has 5 heteroatoms. The molecule has 1 heterocycles. The Morgan fingerprint density at radius 2 is 1.79 bits per heavy atom. The Labute approximate surface area is 169 Å². The van der Waals surface area contributed by atoms with E-state index in [1.54, 1.807) is 5.48 Å². The van der Waals surface area contributed by atoms with Crippen molar-refractivity contribution < 1.29 is 10.0 Å². The van der Waals surface area contributed by atoms with Gasteiger partial charge in [-0.2, -0.15) is 0 Å². The van der Waals surface area contributed by atoms with Crippen LogP contribution in [-0.2, 0) is 11.2 Å². The number of nitrogens with one attached hydrogen (secondary N) is 1. The quantitative estimate of drug-likeness (QED) is 0.372. The summed E-state index contributed by atoms with van der Waals surface area (Å²) in [4.78, 5) is 16.3. The first-order chi connectivity index (χ1) is 14.2. The van der Waals surface area contributed by atoms with E-state index in [4.69, 9.17) is 10.2 Å². The number of aryl methyl sites for hydroxylation is 1. The van der Waals surface area contributed by atoms with Gasteiger partial charge < -0.3 is 4.57 Å². The number of amides is 1. The minimum absolute atomic E-state index is 0.113. The number of benzene rings is 3. The lowest BCUT2D eigenvalue weighted by Crippen LogP contribution is -2.18. The SMILES string of the molecule is CC(c1ccccc1)n1c(-c2cccc(CCC(=O)NO)c2)nc2ccccc21. The average Bonchev–Trinajstić information content (AvgIpc) is 3.17. The molecular formula is C24H23N3O2. The number of carbonyl (C=O) groups excluding carboxylic acids is 1. The number of hydrogen-bond donors (Lipinski definition) is 2. The molecule has 0 radical (unpaired) electrons. The van der Waals surface area contributed by atoms with Gasteiger partial charge in [-0.15, -0.1) is 0 Å². The number of hydrogen-bond acceptors (Lipinski definition) is 3. The van der Waals surface area contributed by atoms with E-state index < -0.39 is 0 Å². The molecule has 1 aromatic heterocycles. The Balaban J connectivity index is 1.79. The highest BCUT2D eigenvalue weighted by Gasteiger charge is 2.18. The van der Waals surface area contributed by atoms with Gasteiger partial charge in [-0.25, -0.2) is 10.5 Å². The summed E-state index contributed by atoms with van der Waals surface area (Å²) in [7, 11) is 0. The van der Waals surface area contributed by atoms with Crippen LogP contribution in [0.1, 0.15) is 30.5 Å². The molecule has 1 atom stereocenters. The number of para-hydroxylation sites is 2. The van der Waals surface area contributed by atoms with Gasteiger partial charge in [0.25, 0.3) is 0 Å². The molecule has 5 nitrogen and oxygen atoms in total. The predicted molar refractivity (Wildman–Crippen MR) is 114 cm³/mol. The van der Waals surface area contributed by atoms with E-state index in [1.165, 1.54) is 5.56 Å². The lowest BCUT2D eigenvalue weighted by Gasteiger charge is -2.18. The summed E-state index contributed by atoms with van der Waals surface area (Å²) in [6.07, 6.45) is 0.783. The van der Waals surface area contributed by atoms with E-state index in [0.717, 1.165) is 28.0 Å². The maximum atomic E-state index is 11.4. The summed E-state index contributed by atoms with van der Waals surface area (Å²) in [6.45, 7) is 2.18. The number of fused-ring (bicyclic) bond motifs is 1. The van der Waals surface area contributed by atoms with E-state index in [0.29, 0.717) is 6.42 Å². The standard InChI is InChI=1S/C24H23N3O2/c1-17(19-9-3-2-4-10-19)27-22-13-6-5-12-21(22)25-24(27)20-11-7-8-18(16-20)14-15-23(28)26-29/h2-13,16-17,29H,14-15H2,1H3,(H,26,28). The lowest BCUT2D eigenvalue weighted by molar-refractivity contribution is -0.129. The van der Waals surface area contributed by atoms with E-state index in [-0.39, 0.29) is 18.4 Å². The molecule has 146 valence electrons. The van der Waals surface area contributed by atoms with Crippen LogP contribution < -0.4 is 5.48 Å². The van der Waals surface area contributed by atoms with Crippen molar-refractivity contribution in [1.82, 2.24) is 15.0 Å². The number of rotatable bonds is 6. The minimum atomic E-state index is -0.389. The summed E-state index contributed by atoms with van der Waals surface area (Å²) < 4.78 is 2.27. The van der Waals surface area contributed by atoms with Crippen LogP contribution in [0.2, 0.25) is 0 Å². The van der Waals surface area contributed by atoms with Crippen molar-refractivity contribution in [1.29, 1.82) is 0 Å². The Hall–Kier alpha value is -3.44. The van der Waals surface area contributed by atoms with E-state index >= 15 is 0 Å². The highest BCUT2D eigenvalue weighted by Crippen LogP contribution is 2.31. The Kier molecular flexibility index (Phi) is 5.40. The first kappa shape index (κ1) is 18.9. The lowest BCUT2D eigenvalue weighted by atomic mass is 10.0. The number of imidazole rings is 1. The van der Waals surface area contributed by atoms with Crippen LogP contribution in [0.5, 0.6) is 0 Å². The van der Waals surface area contributed by atoms with Gasteiger partial charge in [0.15, 0.2) is 0 Å². The molecule has 0 saturated carbocycles. The molecule has 0 aliphatic heterocycles. The molecule has 0 bridgehead atoms. The number of nitrogens with zero attached hydrogens (tertiary/aromatic N) is 2. The predicted octanol–water partition coefficient (Wildman–Crippen LogP) is 4.75. The second kappa shape index (κ2) is 8.29. The van der Waals surface area contributed by atoms with Gasteiger partial charge in [-0.1, -0.05) is 60.7 Å².